The molecule has 0 radical (unpaired) electrons. The molecule has 0 saturated carbocycles. The zero-order valence-corrected chi connectivity index (χ0v) is 22.6. The second-order valence-electron chi connectivity index (χ2n) is 8.68. The van der Waals surface area contributed by atoms with Crippen molar-refractivity contribution in [3.63, 3.8) is 0 Å². The fourth-order valence-corrected chi connectivity index (χ4v) is 6.81. The number of nitrogens with zero attached hydrogens (tertiary/aromatic N) is 5. The lowest BCUT2D eigenvalue weighted by atomic mass is 10.2. The predicted octanol–water partition coefficient (Wildman–Crippen LogP) is 2.99. The Labute approximate surface area is 214 Å². The van der Waals surface area contributed by atoms with Crippen molar-refractivity contribution in [2.45, 2.75) is 19.0 Å². The van der Waals surface area contributed by atoms with Crippen molar-refractivity contribution < 1.29 is 21.5 Å². The minimum atomic E-state index is -3.56. The summed E-state index contributed by atoms with van der Waals surface area (Å²) < 4.78 is 51.5. The van der Waals surface area contributed by atoms with Crippen molar-refractivity contribution in [2.24, 2.45) is 17.3 Å². The highest BCUT2D eigenvalue weighted by Crippen LogP contribution is 2.33. The first-order valence-corrected chi connectivity index (χ1v) is 15.6. The molecule has 14 heteroatoms. The van der Waals surface area contributed by atoms with Crippen LogP contribution in [-0.2, 0) is 33.5 Å². The van der Waals surface area contributed by atoms with E-state index in [2.05, 4.69) is 25.4 Å². The van der Waals surface area contributed by atoms with Crippen LogP contribution in [0.15, 0.2) is 58.8 Å². The van der Waals surface area contributed by atoms with Crippen molar-refractivity contribution in [2.75, 3.05) is 39.7 Å². The molecule has 1 aliphatic rings. The molecule has 0 bridgehead atoms. The molecule has 3 aromatic rings. The monoisotopic (exact) mass is 550 g/mol. The smallest absolute Gasteiger partial charge is 0.370 e. The van der Waals surface area contributed by atoms with Crippen LogP contribution in [0.3, 0.4) is 0 Å². The number of benzene rings is 2. The quantitative estimate of drug-likeness (QED) is 0.309. The Morgan fingerprint density at radius 3 is 2.61 bits per heavy atom. The molecule has 1 saturated heterocycles. The van der Waals surface area contributed by atoms with Crippen molar-refractivity contribution in [3.8, 4) is 0 Å². The molecule has 1 aliphatic heterocycles. The molecule has 1 atom stereocenters. The number of anilines is 3. The molecule has 1 unspecified atom stereocenters. The predicted molar refractivity (Wildman–Crippen MR) is 142 cm³/mol. The van der Waals surface area contributed by atoms with Gasteiger partial charge in [-0.15, -0.1) is 4.68 Å². The average Bonchev–Trinajstić information content (AvgIpc) is 3.32. The van der Waals surface area contributed by atoms with E-state index >= 15 is 0 Å². The second-order valence-corrected chi connectivity index (χ2v) is 13.6. The molecule has 1 fully saturated rings. The van der Waals surface area contributed by atoms with Gasteiger partial charge >= 0.3 is 5.13 Å². The third-order valence-corrected chi connectivity index (χ3v) is 8.77. The first-order chi connectivity index (χ1) is 17.0. The zero-order valence-electron chi connectivity index (χ0n) is 20.1. The lowest BCUT2D eigenvalue weighted by molar-refractivity contribution is -0.712. The van der Waals surface area contributed by atoms with E-state index in [1.54, 1.807) is 19.2 Å². The molecule has 0 aliphatic carbocycles. The van der Waals surface area contributed by atoms with Gasteiger partial charge in [0.25, 0.3) is 0 Å². The van der Waals surface area contributed by atoms with Crippen LogP contribution in [0.5, 0.6) is 0 Å². The van der Waals surface area contributed by atoms with E-state index in [0.29, 0.717) is 34.6 Å². The van der Waals surface area contributed by atoms with Gasteiger partial charge in [-0.3, -0.25) is 4.72 Å². The number of rotatable bonds is 9. The zero-order chi connectivity index (χ0) is 25.9. The number of aryl methyl sites for hydroxylation is 1. The summed E-state index contributed by atoms with van der Waals surface area (Å²) in [7, 11) is -2.93. The van der Waals surface area contributed by atoms with Crippen LogP contribution in [0.25, 0.3) is 0 Å². The summed E-state index contributed by atoms with van der Waals surface area (Å²) in [6.45, 7) is 0.648. The van der Waals surface area contributed by atoms with Crippen molar-refractivity contribution in [1.82, 2.24) is 5.10 Å². The van der Waals surface area contributed by atoms with Gasteiger partial charge in [0, 0.05) is 25.3 Å². The van der Waals surface area contributed by atoms with Gasteiger partial charge in [-0.05, 0) is 46.6 Å². The first-order valence-electron chi connectivity index (χ1n) is 11.1. The average molecular weight is 551 g/mol. The Balaban J connectivity index is 1.54. The van der Waals surface area contributed by atoms with Crippen LogP contribution >= 0.6 is 11.3 Å². The number of sulfonamides is 1. The highest BCUT2D eigenvalue weighted by molar-refractivity contribution is 7.92. The number of aromatic nitrogens is 2. The third-order valence-electron chi connectivity index (χ3n) is 5.49. The topological polar surface area (TPSA) is 137 Å². The van der Waals surface area contributed by atoms with Gasteiger partial charge in [0.15, 0.2) is 9.84 Å². The molecule has 192 valence electrons. The van der Waals surface area contributed by atoms with E-state index in [1.165, 1.54) is 16.0 Å². The van der Waals surface area contributed by atoms with Gasteiger partial charge in [0.2, 0.25) is 15.2 Å². The minimum absolute atomic E-state index is 0.0821. The third kappa shape index (κ3) is 6.98. The van der Waals surface area contributed by atoms with Crippen LogP contribution < -0.4 is 19.6 Å². The second kappa shape index (κ2) is 10.5. The fraction of sp³-hybridized carbons (Fsp3) is 0.364. The Hall–Kier alpha value is -3.10. The van der Waals surface area contributed by atoms with Crippen LogP contribution in [-0.4, -0.2) is 52.8 Å². The first kappa shape index (κ1) is 26.0. The van der Waals surface area contributed by atoms with E-state index in [0.717, 1.165) is 17.5 Å². The number of nitrogens with one attached hydrogen (secondary N) is 2. The molecular weight excluding hydrogens is 522 g/mol. The maximum Gasteiger partial charge on any atom is 0.431 e. The normalized spacial score (nSPS) is 17.4. The van der Waals surface area contributed by atoms with Crippen molar-refractivity contribution in [3.05, 3.63) is 54.1 Å². The molecule has 4 rings (SSSR count). The summed E-state index contributed by atoms with van der Waals surface area (Å²) in [5, 5.41) is 17.1. The standard InChI is InChI=1S/C22H27N7O4S3/c1-28(14-16-7-5-4-6-8-16)18-9-10-19(20(13-18)27-35(3,30)31)24-25-22-29(2)26-21(34-22)23-17-11-12-36(32,33)15-17/h4-10,13,17H,11-12,14-15H2,1-3H3,(H,23,26)/p+1. The number of hydrogen-bond acceptors (Lipinski definition) is 10. The molecule has 36 heavy (non-hydrogen) atoms. The maximum atomic E-state index is 12.0. The van der Waals surface area contributed by atoms with Crippen LogP contribution in [0.1, 0.15) is 12.0 Å². The molecular formula is C22H28N7O4S3+. The van der Waals surface area contributed by atoms with E-state index < -0.39 is 19.9 Å². The molecule has 2 aromatic carbocycles. The fourth-order valence-electron chi connectivity index (χ4n) is 3.75. The molecule has 1 aromatic heterocycles. The van der Waals surface area contributed by atoms with Crippen LogP contribution in [0.4, 0.5) is 27.3 Å². The Bertz CT molecular complexity index is 1470. The largest absolute Gasteiger partial charge is 0.431 e. The number of azo groups is 1. The summed E-state index contributed by atoms with van der Waals surface area (Å²) in [6.07, 6.45) is 1.62. The highest BCUT2D eigenvalue weighted by Gasteiger charge is 2.29. The molecule has 2 N–H and O–H groups in total. The summed E-state index contributed by atoms with van der Waals surface area (Å²) in [5.74, 6) is 0.250. The molecule has 11 nitrogen and oxygen atoms in total. The SMILES string of the molecule is CN(Cc1ccccc1)c1ccc(N=Nc2sc(NC3CCS(=O)(=O)C3)n[n+]2C)c(NS(C)(=O)=O)c1. The number of hydrogen-bond donors (Lipinski definition) is 2. The van der Waals surface area contributed by atoms with Gasteiger partial charge in [-0.1, -0.05) is 35.4 Å². The Morgan fingerprint density at radius 2 is 1.94 bits per heavy atom. The Kier molecular flexibility index (Phi) is 7.57. The van der Waals surface area contributed by atoms with E-state index in [1.807, 2.05) is 48.3 Å². The molecule has 0 amide bonds. The van der Waals surface area contributed by atoms with E-state index in [4.69, 9.17) is 0 Å². The van der Waals surface area contributed by atoms with Gasteiger partial charge < -0.3 is 10.2 Å². The van der Waals surface area contributed by atoms with E-state index in [-0.39, 0.29) is 17.5 Å². The number of sulfone groups is 1. The Morgan fingerprint density at radius 1 is 1.19 bits per heavy atom. The van der Waals surface area contributed by atoms with Gasteiger partial charge in [-0.2, -0.15) is 0 Å². The molecule has 0 spiro atoms. The summed E-state index contributed by atoms with van der Waals surface area (Å²) in [6, 6.07) is 15.0. The van der Waals surface area contributed by atoms with Crippen molar-refractivity contribution in [1.29, 1.82) is 0 Å². The highest BCUT2D eigenvalue weighted by atomic mass is 32.2. The van der Waals surface area contributed by atoms with Gasteiger partial charge in [0.05, 0.1) is 28.6 Å². The van der Waals surface area contributed by atoms with Crippen molar-refractivity contribution >= 4 is 58.5 Å². The summed E-state index contributed by atoms with van der Waals surface area (Å²) in [4.78, 5) is 2.01. The van der Waals surface area contributed by atoms with Crippen LogP contribution in [0.2, 0.25) is 0 Å². The van der Waals surface area contributed by atoms with Gasteiger partial charge in [0.1, 0.15) is 12.7 Å². The summed E-state index contributed by atoms with van der Waals surface area (Å²) >= 11 is 1.23. The maximum absolute atomic E-state index is 12.0. The minimum Gasteiger partial charge on any atom is -0.370 e. The van der Waals surface area contributed by atoms with E-state index in [9.17, 15) is 16.8 Å². The van der Waals surface area contributed by atoms with Gasteiger partial charge in [-0.25, -0.2) is 16.8 Å². The lowest BCUT2D eigenvalue weighted by Crippen LogP contribution is -2.30. The summed E-state index contributed by atoms with van der Waals surface area (Å²) in [5.41, 5.74) is 2.59. The molecule has 2 heterocycles. The van der Waals surface area contributed by atoms with Crippen LogP contribution in [0, 0.1) is 0 Å². The lowest BCUT2D eigenvalue weighted by Gasteiger charge is -2.20.